The first-order chi connectivity index (χ1) is 11.7. The second-order valence-corrected chi connectivity index (χ2v) is 3.69. The van der Waals surface area contributed by atoms with Crippen LogP contribution in [0.25, 0.3) is 10.9 Å². The number of fused-ring (bicyclic) bond motifs is 1. The number of rotatable bonds is 2. The average molecular weight is 343 g/mol. The van der Waals surface area contributed by atoms with Crippen LogP contribution in [0.15, 0.2) is 24.4 Å². The van der Waals surface area contributed by atoms with Crippen molar-refractivity contribution in [1.29, 1.82) is 0 Å². The molecule has 1 heterocycles. The lowest BCUT2D eigenvalue weighted by Crippen LogP contribution is -2.17. The highest BCUT2D eigenvalue weighted by Crippen LogP contribution is 2.19. The zero-order valence-corrected chi connectivity index (χ0v) is 17.2. The third-order valence-corrected chi connectivity index (χ3v) is 2.27. The highest BCUT2D eigenvalue weighted by molar-refractivity contribution is 5.83. The largest absolute Gasteiger partial charge is 0.361 e. The molecular formula is C20H39FN2O. The lowest BCUT2D eigenvalue weighted by molar-refractivity contribution is -0.0979. The van der Waals surface area contributed by atoms with Crippen LogP contribution in [0.3, 0.4) is 0 Å². The predicted octanol–water partition coefficient (Wildman–Crippen LogP) is 6.12. The zero-order chi connectivity index (χ0) is 20.1. The highest BCUT2D eigenvalue weighted by atomic mass is 19.1. The molecule has 4 heteroatoms. The van der Waals surface area contributed by atoms with Crippen molar-refractivity contribution < 1.29 is 9.18 Å². The summed E-state index contributed by atoms with van der Waals surface area (Å²) < 4.78 is 12.9. The van der Waals surface area contributed by atoms with Crippen LogP contribution in [0, 0.1) is 5.82 Å². The summed E-state index contributed by atoms with van der Waals surface area (Å²) in [5, 5.41) is 1.06. The average Bonchev–Trinajstić information content (AvgIpc) is 3.05. The molecule has 0 saturated carbocycles. The number of nitrogens with one attached hydrogen (secondary N) is 1. The van der Waals surface area contributed by atoms with E-state index in [0.29, 0.717) is 0 Å². The van der Waals surface area contributed by atoms with Gasteiger partial charge in [-0.3, -0.25) is 0 Å². The molecule has 1 aromatic carbocycles. The molecule has 0 aliphatic heterocycles. The molecule has 2 rings (SSSR count). The first-order valence-corrected chi connectivity index (χ1v) is 8.97. The molecule has 3 N–H and O–H groups in total. The van der Waals surface area contributed by atoms with Crippen molar-refractivity contribution in [2.45, 2.75) is 74.8 Å². The quantitative estimate of drug-likeness (QED) is 0.691. The Morgan fingerprint density at radius 1 is 1.04 bits per heavy atom. The van der Waals surface area contributed by atoms with Crippen LogP contribution < -0.4 is 5.73 Å². The minimum absolute atomic E-state index is 0.124. The summed E-state index contributed by atoms with van der Waals surface area (Å²) in [6.07, 6.45) is 2.71. The van der Waals surface area contributed by atoms with Crippen molar-refractivity contribution in [1.82, 2.24) is 4.98 Å². The fourth-order valence-corrected chi connectivity index (χ4v) is 1.67. The van der Waals surface area contributed by atoms with Crippen LogP contribution in [0.1, 0.15) is 67.9 Å². The lowest BCUT2D eigenvalue weighted by Gasteiger charge is -2.02. The summed E-state index contributed by atoms with van der Waals surface area (Å²) in [6.45, 7) is 20.0. The summed E-state index contributed by atoms with van der Waals surface area (Å²) in [5.74, 6) is -0.216. The number of carbonyl (C=O) groups excluding carboxylic acids is 1. The topological polar surface area (TPSA) is 58.9 Å². The molecular weight excluding hydrogens is 303 g/mol. The van der Waals surface area contributed by atoms with E-state index >= 15 is 0 Å². The third kappa shape index (κ3) is 12.8. The third-order valence-electron chi connectivity index (χ3n) is 2.27. The van der Waals surface area contributed by atoms with Gasteiger partial charge in [0.25, 0.3) is 0 Å². The Morgan fingerprint density at radius 3 is 1.92 bits per heavy atom. The number of nitrogens with two attached hydrogens (primary N) is 1. The first kappa shape index (κ1) is 30.2. The van der Waals surface area contributed by atoms with Crippen molar-refractivity contribution in [3.63, 3.8) is 0 Å². The molecule has 24 heavy (non-hydrogen) atoms. The molecule has 0 bridgehead atoms. The Morgan fingerprint density at radius 2 is 1.50 bits per heavy atom. The predicted molar refractivity (Wildman–Crippen MR) is 108 cm³/mol. The molecule has 3 nitrogen and oxygen atoms in total. The molecule has 0 radical (unpaired) electrons. The Kier molecular flexibility index (Phi) is 29.7. The molecule has 1 atom stereocenters. The number of benzene rings is 1. The molecule has 0 aliphatic carbocycles. The number of aromatic nitrogens is 1. The fourth-order valence-electron chi connectivity index (χ4n) is 1.67. The van der Waals surface area contributed by atoms with Crippen LogP contribution in [-0.4, -0.2) is 17.8 Å². The van der Waals surface area contributed by atoms with Gasteiger partial charge in [0, 0.05) is 23.1 Å². The smallest absolute Gasteiger partial charge is 0.125 e. The van der Waals surface area contributed by atoms with Crippen LogP contribution in [-0.2, 0) is 11.2 Å². The van der Waals surface area contributed by atoms with E-state index in [1.165, 1.54) is 12.1 Å². The van der Waals surface area contributed by atoms with Crippen molar-refractivity contribution in [3.8, 4) is 0 Å². The molecule has 0 saturated heterocycles. The van der Waals surface area contributed by atoms with Crippen LogP contribution in [0.5, 0.6) is 0 Å². The molecule has 0 spiro atoms. The van der Waals surface area contributed by atoms with Gasteiger partial charge in [-0.15, -0.1) is 0 Å². The standard InChI is InChI=1S/C11H13FN2.4C2H6.CH2O/c1-7(13)4-8-6-14-11-5-9(12)2-3-10(8)11;5*1-2/h2-3,5-7,14H,4,13H2,1H3;4*1-2H3;1H2. The number of hydrogen-bond donors (Lipinski definition) is 2. The van der Waals surface area contributed by atoms with Crippen LogP contribution in [0.4, 0.5) is 4.39 Å². The van der Waals surface area contributed by atoms with Gasteiger partial charge in [0.1, 0.15) is 12.6 Å². The van der Waals surface area contributed by atoms with Crippen molar-refractivity contribution in [2.24, 2.45) is 5.73 Å². The molecule has 0 amide bonds. The van der Waals surface area contributed by atoms with E-state index in [1.54, 1.807) is 6.07 Å². The number of aromatic amines is 1. The minimum atomic E-state index is -0.216. The van der Waals surface area contributed by atoms with E-state index in [2.05, 4.69) is 4.98 Å². The number of H-pyrrole nitrogens is 1. The Hall–Kier alpha value is -1.68. The summed E-state index contributed by atoms with van der Waals surface area (Å²) in [4.78, 5) is 11.0. The Balaban J connectivity index is -0.000000173. The van der Waals surface area contributed by atoms with Gasteiger partial charge < -0.3 is 15.5 Å². The molecule has 1 unspecified atom stereocenters. The summed E-state index contributed by atoms with van der Waals surface area (Å²) in [6, 6.07) is 4.89. The van der Waals surface area contributed by atoms with E-state index in [0.717, 1.165) is 22.9 Å². The van der Waals surface area contributed by atoms with Gasteiger partial charge in [-0.1, -0.05) is 55.4 Å². The van der Waals surface area contributed by atoms with Crippen LogP contribution in [0.2, 0.25) is 0 Å². The number of carbonyl (C=O) groups is 1. The van der Waals surface area contributed by atoms with Gasteiger partial charge in [0.2, 0.25) is 0 Å². The van der Waals surface area contributed by atoms with Crippen molar-refractivity contribution in [3.05, 3.63) is 35.8 Å². The van der Waals surface area contributed by atoms with Crippen molar-refractivity contribution in [2.75, 3.05) is 0 Å². The molecule has 142 valence electrons. The maximum absolute atomic E-state index is 12.9. The maximum atomic E-state index is 12.9. The maximum Gasteiger partial charge on any atom is 0.125 e. The van der Waals surface area contributed by atoms with E-state index in [9.17, 15) is 4.39 Å². The monoisotopic (exact) mass is 342 g/mol. The van der Waals surface area contributed by atoms with Gasteiger partial charge >= 0.3 is 0 Å². The van der Waals surface area contributed by atoms with Gasteiger partial charge in [0.15, 0.2) is 0 Å². The molecule has 0 aliphatic rings. The highest BCUT2D eigenvalue weighted by Gasteiger charge is 2.05. The summed E-state index contributed by atoms with van der Waals surface area (Å²) >= 11 is 0. The van der Waals surface area contributed by atoms with Crippen LogP contribution >= 0.6 is 0 Å². The Bertz CT molecular complexity index is 468. The number of halogens is 1. The van der Waals surface area contributed by atoms with Gasteiger partial charge in [-0.05, 0) is 37.1 Å². The normalized spacial score (nSPS) is 8.96. The number of hydrogen-bond acceptors (Lipinski definition) is 2. The SMILES string of the molecule is C=O.CC.CC.CC.CC.CC(N)Cc1c[nH]c2cc(F)ccc12. The summed E-state index contributed by atoms with van der Waals surface area (Å²) in [5.41, 5.74) is 7.70. The van der Waals surface area contributed by atoms with Gasteiger partial charge in [-0.2, -0.15) is 0 Å². The second kappa shape index (κ2) is 23.6. The molecule has 1 aromatic heterocycles. The molecule has 0 fully saturated rings. The summed E-state index contributed by atoms with van der Waals surface area (Å²) in [7, 11) is 0. The van der Waals surface area contributed by atoms with Crippen molar-refractivity contribution >= 4 is 17.7 Å². The van der Waals surface area contributed by atoms with Gasteiger partial charge in [-0.25, -0.2) is 4.39 Å². The van der Waals surface area contributed by atoms with E-state index in [4.69, 9.17) is 10.5 Å². The Labute approximate surface area is 148 Å². The fraction of sp³-hybridized carbons (Fsp3) is 0.550. The first-order valence-electron chi connectivity index (χ1n) is 8.97. The molecule has 2 aromatic rings. The minimum Gasteiger partial charge on any atom is -0.361 e. The second-order valence-electron chi connectivity index (χ2n) is 3.69. The van der Waals surface area contributed by atoms with E-state index < -0.39 is 0 Å². The van der Waals surface area contributed by atoms with E-state index in [-0.39, 0.29) is 11.9 Å². The lowest BCUT2D eigenvalue weighted by atomic mass is 10.1. The zero-order valence-electron chi connectivity index (χ0n) is 17.2. The van der Waals surface area contributed by atoms with Gasteiger partial charge in [0.05, 0.1) is 0 Å². The van der Waals surface area contributed by atoms with E-state index in [1.807, 2.05) is 75.3 Å².